The van der Waals surface area contributed by atoms with Crippen LogP contribution in [-0.4, -0.2) is 5.11 Å². The minimum Gasteiger partial charge on any atom is -0.508 e. The first-order valence-electron chi connectivity index (χ1n) is 5.51. The number of aromatic hydroxyl groups is 1. The molecule has 118 valence electrons. The van der Waals surface area contributed by atoms with E-state index in [4.69, 9.17) is 5.11 Å². The quantitative estimate of drug-likeness (QED) is 0.676. The van der Waals surface area contributed by atoms with Crippen LogP contribution in [0.2, 0.25) is 0 Å². The van der Waals surface area contributed by atoms with Gasteiger partial charge in [0.1, 0.15) is 28.7 Å². The molecule has 0 amide bonds. The average Bonchev–Trinajstić information content (AvgIpc) is 2.33. The molecule has 22 heavy (non-hydrogen) atoms. The Bertz CT molecular complexity index is 684. The van der Waals surface area contributed by atoms with Gasteiger partial charge in [-0.15, -0.1) is 0 Å². The van der Waals surface area contributed by atoms with Gasteiger partial charge in [-0.3, -0.25) is 0 Å². The fourth-order valence-electron chi connectivity index (χ4n) is 1.63. The van der Waals surface area contributed by atoms with Crippen LogP contribution in [0.15, 0.2) is 24.3 Å². The van der Waals surface area contributed by atoms with Crippen LogP contribution in [0.1, 0.15) is 5.56 Å². The van der Waals surface area contributed by atoms with Crippen LogP contribution in [-0.2, 0) is 6.11 Å². The van der Waals surface area contributed by atoms with Gasteiger partial charge in [-0.2, -0.15) is 8.78 Å². The van der Waals surface area contributed by atoms with Gasteiger partial charge in [-0.05, 0) is 0 Å². The van der Waals surface area contributed by atoms with Gasteiger partial charge < -0.3 is 9.84 Å². The Morgan fingerprint density at radius 1 is 0.773 bits per heavy atom. The Labute approximate surface area is 118 Å². The molecule has 0 spiro atoms. The molecule has 0 aromatic heterocycles. The molecule has 9 heteroatoms. The fourth-order valence-corrected chi connectivity index (χ4v) is 1.63. The molecule has 0 saturated carbocycles. The summed E-state index contributed by atoms with van der Waals surface area (Å²) in [6.45, 7) is 0. The number of phenolic OH excluding ortho intramolecular Hbond substituents is 1. The molecule has 0 aliphatic rings. The summed E-state index contributed by atoms with van der Waals surface area (Å²) in [7, 11) is 0. The second-order valence-electron chi connectivity index (χ2n) is 4.10. The van der Waals surface area contributed by atoms with E-state index in [1.807, 2.05) is 0 Å². The number of benzene rings is 2. The molecule has 2 aromatic carbocycles. The average molecular weight is 326 g/mol. The monoisotopic (exact) mass is 326 g/mol. The molecule has 0 atom stereocenters. The Hall–Kier alpha value is -2.45. The molecular weight excluding hydrogens is 321 g/mol. The van der Waals surface area contributed by atoms with Crippen molar-refractivity contribution in [2.24, 2.45) is 0 Å². The van der Waals surface area contributed by atoms with Crippen LogP contribution < -0.4 is 4.74 Å². The van der Waals surface area contributed by atoms with Gasteiger partial charge in [-0.25, -0.2) is 22.0 Å². The van der Waals surface area contributed by atoms with Gasteiger partial charge in [0.2, 0.25) is 0 Å². The van der Waals surface area contributed by atoms with Gasteiger partial charge in [0.05, 0.1) is 0 Å². The minimum absolute atomic E-state index is 0.0859. The van der Waals surface area contributed by atoms with Gasteiger partial charge in [0, 0.05) is 24.3 Å². The van der Waals surface area contributed by atoms with Gasteiger partial charge in [-0.1, -0.05) is 0 Å². The molecule has 0 aliphatic heterocycles. The highest BCUT2D eigenvalue weighted by Crippen LogP contribution is 2.36. The van der Waals surface area contributed by atoms with Crippen molar-refractivity contribution in [1.82, 2.24) is 0 Å². The van der Waals surface area contributed by atoms with Crippen molar-refractivity contribution in [3.05, 3.63) is 58.9 Å². The number of halogens is 7. The van der Waals surface area contributed by atoms with Crippen molar-refractivity contribution in [3.8, 4) is 11.5 Å². The predicted molar refractivity (Wildman–Crippen MR) is 58.9 cm³/mol. The lowest BCUT2D eigenvalue weighted by Gasteiger charge is -2.19. The van der Waals surface area contributed by atoms with E-state index >= 15 is 0 Å². The van der Waals surface area contributed by atoms with Crippen LogP contribution >= 0.6 is 0 Å². The molecule has 0 fully saturated rings. The van der Waals surface area contributed by atoms with E-state index in [2.05, 4.69) is 4.74 Å². The molecule has 2 aromatic rings. The SMILES string of the molecule is Oc1cc(F)c(C(F)(F)Oc2cc(F)c(F)c(F)c2)c(F)c1. The summed E-state index contributed by atoms with van der Waals surface area (Å²) in [4.78, 5) is 0. The zero-order chi connectivity index (χ0) is 16.7. The van der Waals surface area contributed by atoms with Crippen molar-refractivity contribution in [2.45, 2.75) is 6.11 Å². The highest BCUT2D eigenvalue weighted by atomic mass is 19.3. The number of rotatable bonds is 3. The molecular formula is C13H5F7O2. The molecule has 0 aliphatic carbocycles. The van der Waals surface area contributed by atoms with Crippen LogP contribution in [0.5, 0.6) is 11.5 Å². The number of phenols is 1. The van der Waals surface area contributed by atoms with E-state index in [1.54, 1.807) is 0 Å². The lowest BCUT2D eigenvalue weighted by atomic mass is 10.1. The number of hydrogen-bond donors (Lipinski definition) is 1. The molecule has 0 bridgehead atoms. The third kappa shape index (κ3) is 2.92. The summed E-state index contributed by atoms with van der Waals surface area (Å²) in [6.07, 6.45) is -4.67. The maximum atomic E-state index is 13.7. The topological polar surface area (TPSA) is 29.5 Å². The van der Waals surface area contributed by atoms with Gasteiger partial charge in [0.15, 0.2) is 17.5 Å². The zero-order valence-electron chi connectivity index (χ0n) is 10.3. The van der Waals surface area contributed by atoms with Crippen LogP contribution in [0.4, 0.5) is 30.7 Å². The Morgan fingerprint density at radius 3 is 1.68 bits per heavy atom. The lowest BCUT2D eigenvalue weighted by molar-refractivity contribution is -0.189. The second kappa shape index (κ2) is 5.39. The van der Waals surface area contributed by atoms with Crippen LogP contribution in [0.25, 0.3) is 0 Å². The number of alkyl halides is 2. The fraction of sp³-hybridized carbons (Fsp3) is 0.0769. The second-order valence-corrected chi connectivity index (χ2v) is 4.10. The van der Waals surface area contributed by atoms with Gasteiger partial charge >= 0.3 is 6.11 Å². The first kappa shape index (κ1) is 15.9. The van der Waals surface area contributed by atoms with E-state index in [0.717, 1.165) is 0 Å². The molecule has 0 radical (unpaired) electrons. The molecule has 2 nitrogen and oxygen atoms in total. The first-order chi connectivity index (χ1) is 10.1. The van der Waals surface area contributed by atoms with Gasteiger partial charge in [0.25, 0.3) is 0 Å². The molecule has 2 rings (SSSR count). The highest BCUT2D eigenvalue weighted by molar-refractivity contribution is 5.33. The first-order valence-corrected chi connectivity index (χ1v) is 5.51. The summed E-state index contributed by atoms with van der Waals surface area (Å²) in [5, 5.41) is 8.87. The van der Waals surface area contributed by atoms with E-state index in [0.29, 0.717) is 0 Å². The summed E-state index contributed by atoms with van der Waals surface area (Å²) in [6, 6.07) is 0.564. The molecule has 0 heterocycles. The summed E-state index contributed by atoms with van der Waals surface area (Å²) < 4.78 is 96.6. The van der Waals surface area contributed by atoms with E-state index in [9.17, 15) is 30.7 Å². The standard InChI is InChI=1S/C13H5F7O2/c14-7-1-5(21)2-8(15)11(7)13(19,20)22-6-3-9(16)12(18)10(17)4-6/h1-4,21H. The molecule has 1 N–H and O–H groups in total. The number of hydrogen-bond acceptors (Lipinski definition) is 2. The molecule has 0 saturated heterocycles. The highest BCUT2D eigenvalue weighted by Gasteiger charge is 2.41. The normalized spacial score (nSPS) is 11.6. The van der Waals surface area contributed by atoms with Crippen LogP contribution in [0.3, 0.4) is 0 Å². The zero-order valence-corrected chi connectivity index (χ0v) is 10.3. The minimum atomic E-state index is -4.67. The summed E-state index contributed by atoms with van der Waals surface area (Å²) >= 11 is 0. The van der Waals surface area contributed by atoms with Crippen molar-refractivity contribution in [1.29, 1.82) is 0 Å². The van der Waals surface area contributed by atoms with Crippen molar-refractivity contribution in [2.75, 3.05) is 0 Å². The predicted octanol–water partition coefficient (Wildman–Crippen LogP) is 4.22. The van der Waals surface area contributed by atoms with E-state index < -0.39 is 52.3 Å². The lowest BCUT2D eigenvalue weighted by Crippen LogP contribution is -2.25. The van der Waals surface area contributed by atoms with Crippen LogP contribution in [0, 0.1) is 29.1 Å². The largest absolute Gasteiger partial charge is 0.508 e. The van der Waals surface area contributed by atoms with Crippen molar-refractivity contribution < 1.29 is 40.6 Å². The van der Waals surface area contributed by atoms with Crippen molar-refractivity contribution in [3.63, 3.8) is 0 Å². The third-order valence-corrected chi connectivity index (χ3v) is 2.52. The maximum Gasteiger partial charge on any atom is 0.432 e. The van der Waals surface area contributed by atoms with E-state index in [-0.39, 0.29) is 24.3 Å². The summed E-state index contributed by atoms with van der Waals surface area (Å²) in [5.74, 6) is -11.4. The summed E-state index contributed by atoms with van der Waals surface area (Å²) in [5.41, 5.74) is -1.88. The molecule has 0 unspecified atom stereocenters. The Kier molecular flexibility index (Phi) is 3.90. The smallest absolute Gasteiger partial charge is 0.432 e. The third-order valence-electron chi connectivity index (χ3n) is 2.52. The number of ether oxygens (including phenoxy) is 1. The van der Waals surface area contributed by atoms with E-state index in [1.165, 1.54) is 0 Å². The maximum absolute atomic E-state index is 13.7. The van der Waals surface area contributed by atoms with Crippen molar-refractivity contribution >= 4 is 0 Å². The Balaban J connectivity index is 2.44. The Morgan fingerprint density at radius 2 is 1.23 bits per heavy atom.